The Morgan fingerprint density at radius 1 is 1.41 bits per heavy atom. The summed E-state index contributed by atoms with van der Waals surface area (Å²) in [4.78, 5) is 4.44. The summed E-state index contributed by atoms with van der Waals surface area (Å²) in [5, 5.41) is 6.77. The van der Waals surface area contributed by atoms with Gasteiger partial charge in [0.05, 0.1) is 18.4 Å². The minimum Gasteiger partial charge on any atom is -0.363 e. The normalized spacial score (nSPS) is 15.7. The highest BCUT2D eigenvalue weighted by molar-refractivity contribution is 5.45. The highest BCUT2D eigenvalue weighted by atomic mass is 19.3. The molecule has 0 unspecified atom stereocenters. The van der Waals surface area contributed by atoms with Gasteiger partial charge >= 0.3 is 0 Å². The number of imidazole rings is 1. The first-order valence-corrected chi connectivity index (χ1v) is 5.61. The van der Waals surface area contributed by atoms with E-state index in [1.54, 1.807) is 16.6 Å². The summed E-state index contributed by atoms with van der Waals surface area (Å²) in [5.74, 6) is 1.01. The van der Waals surface area contributed by atoms with E-state index < -0.39 is 6.43 Å². The van der Waals surface area contributed by atoms with E-state index in [1.807, 2.05) is 6.20 Å². The van der Waals surface area contributed by atoms with Gasteiger partial charge in [-0.05, 0) is 25.0 Å². The molecule has 4 nitrogen and oxygen atoms in total. The molecule has 90 valence electrons. The number of hydrogen-bond acceptors (Lipinski definition) is 3. The van der Waals surface area contributed by atoms with E-state index in [-0.39, 0.29) is 6.54 Å². The van der Waals surface area contributed by atoms with E-state index >= 15 is 0 Å². The molecule has 1 N–H and O–H groups in total. The molecule has 2 aromatic rings. The Morgan fingerprint density at radius 2 is 2.24 bits per heavy atom. The standard InChI is InChI=1S/C11H12F2N4/c12-9(13)5-14-10-3-4-11-15-8(7-1-2-7)6-17(11)16-10/h3-4,6-7,9H,1-2,5H2,(H,14,16). The highest BCUT2D eigenvalue weighted by Crippen LogP contribution is 2.39. The molecule has 0 amide bonds. The van der Waals surface area contributed by atoms with Crippen LogP contribution in [0.3, 0.4) is 0 Å². The number of nitrogens with one attached hydrogen (secondary N) is 1. The summed E-state index contributed by atoms with van der Waals surface area (Å²) < 4.78 is 25.7. The predicted octanol–water partition coefficient (Wildman–Crippen LogP) is 2.28. The second kappa shape index (κ2) is 3.94. The van der Waals surface area contributed by atoms with Gasteiger partial charge in [-0.3, -0.25) is 0 Å². The molecule has 1 aliphatic rings. The molecule has 2 heterocycles. The van der Waals surface area contributed by atoms with Gasteiger partial charge in [-0.25, -0.2) is 18.3 Å². The van der Waals surface area contributed by atoms with Crippen LogP contribution in [-0.2, 0) is 0 Å². The molecular weight excluding hydrogens is 226 g/mol. The van der Waals surface area contributed by atoms with Crippen molar-refractivity contribution < 1.29 is 8.78 Å². The van der Waals surface area contributed by atoms with Gasteiger partial charge in [0.1, 0.15) is 5.82 Å². The van der Waals surface area contributed by atoms with E-state index in [1.165, 1.54) is 12.8 Å². The minimum absolute atomic E-state index is 0.386. The van der Waals surface area contributed by atoms with Crippen LogP contribution in [0.1, 0.15) is 24.5 Å². The SMILES string of the molecule is FC(F)CNc1ccc2nc(C3CC3)cn2n1. The van der Waals surface area contributed by atoms with Crippen LogP contribution in [0.15, 0.2) is 18.3 Å². The Balaban J connectivity index is 1.84. The number of hydrogen-bond donors (Lipinski definition) is 1. The van der Waals surface area contributed by atoms with Crippen LogP contribution >= 0.6 is 0 Å². The lowest BCUT2D eigenvalue weighted by atomic mass is 10.3. The second-order valence-electron chi connectivity index (χ2n) is 4.23. The zero-order valence-electron chi connectivity index (χ0n) is 9.11. The average molecular weight is 238 g/mol. The van der Waals surface area contributed by atoms with E-state index in [0.717, 1.165) is 11.3 Å². The molecule has 6 heteroatoms. The van der Waals surface area contributed by atoms with Crippen molar-refractivity contribution in [1.82, 2.24) is 14.6 Å². The van der Waals surface area contributed by atoms with E-state index in [2.05, 4.69) is 15.4 Å². The smallest absolute Gasteiger partial charge is 0.255 e. The maximum absolute atomic E-state index is 12.0. The number of halogens is 2. The quantitative estimate of drug-likeness (QED) is 0.888. The molecule has 0 aliphatic heterocycles. The average Bonchev–Trinajstić information content (AvgIpc) is 3.06. The zero-order valence-corrected chi connectivity index (χ0v) is 9.11. The minimum atomic E-state index is -2.38. The maximum atomic E-state index is 12.0. The number of nitrogens with zero attached hydrogens (tertiary/aromatic N) is 3. The molecule has 1 saturated carbocycles. The summed E-state index contributed by atoms with van der Waals surface area (Å²) in [6.07, 6.45) is 1.86. The topological polar surface area (TPSA) is 42.2 Å². The number of rotatable bonds is 4. The molecule has 0 atom stereocenters. The second-order valence-corrected chi connectivity index (χ2v) is 4.23. The molecule has 0 spiro atoms. The largest absolute Gasteiger partial charge is 0.363 e. The van der Waals surface area contributed by atoms with Crippen molar-refractivity contribution in [3.63, 3.8) is 0 Å². The Hall–Kier alpha value is -1.72. The fourth-order valence-electron chi connectivity index (χ4n) is 1.75. The van der Waals surface area contributed by atoms with Crippen molar-refractivity contribution in [3.05, 3.63) is 24.0 Å². The molecule has 0 bridgehead atoms. The van der Waals surface area contributed by atoms with Crippen molar-refractivity contribution in [3.8, 4) is 0 Å². The first-order chi connectivity index (χ1) is 8.22. The van der Waals surface area contributed by atoms with Crippen LogP contribution in [0.5, 0.6) is 0 Å². The van der Waals surface area contributed by atoms with Crippen molar-refractivity contribution >= 4 is 11.5 Å². The van der Waals surface area contributed by atoms with Crippen molar-refractivity contribution in [1.29, 1.82) is 0 Å². The van der Waals surface area contributed by atoms with Crippen LogP contribution in [0.2, 0.25) is 0 Å². The Bertz CT molecular complexity index is 533. The monoisotopic (exact) mass is 238 g/mol. The van der Waals surface area contributed by atoms with Crippen molar-refractivity contribution in [2.24, 2.45) is 0 Å². The number of anilines is 1. The third kappa shape index (κ3) is 2.20. The van der Waals surface area contributed by atoms with Gasteiger partial charge in [0.15, 0.2) is 5.65 Å². The fourth-order valence-corrected chi connectivity index (χ4v) is 1.75. The van der Waals surface area contributed by atoms with Crippen molar-refractivity contribution in [2.45, 2.75) is 25.2 Å². The molecule has 3 rings (SSSR count). The van der Waals surface area contributed by atoms with Crippen LogP contribution in [0.4, 0.5) is 14.6 Å². The zero-order chi connectivity index (χ0) is 11.8. The third-order valence-corrected chi connectivity index (χ3v) is 2.77. The Kier molecular flexibility index (Phi) is 2.42. The molecule has 2 aromatic heterocycles. The maximum Gasteiger partial charge on any atom is 0.255 e. The van der Waals surface area contributed by atoms with E-state index in [0.29, 0.717) is 11.7 Å². The van der Waals surface area contributed by atoms with Gasteiger partial charge < -0.3 is 5.32 Å². The van der Waals surface area contributed by atoms with E-state index in [4.69, 9.17) is 0 Å². The van der Waals surface area contributed by atoms with Gasteiger partial charge in [0.25, 0.3) is 6.43 Å². The number of aromatic nitrogens is 3. The molecule has 0 saturated heterocycles. The molecule has 0 aromatic carbocycles. The summed E-state index contributed by atoms with van der Waals surface area (Å²) in [6.45, 7) is -0.386. The third-order valence-electron chi connectivity index (χ3n) is 2.77. The van der Waals surface area contributed by atoms with Crippen LogP contribution in [0, 0.1) is 0 Å². The lowest BCUT2D eigenvalue weighted by Gasteiger charge is -2.03. The van der Waals surface area contributed by atoms with Gasteiger partial charge in [0, 0.05) is 5.92 Å². The Morgan fingerprint density at radius 3 is 2.94 bits per heavy atom. The van der Waals surface area contributed by atoms with Gasteiger partial charge in [-0.15, -0.1) is 5.10 Å². The summed E-state index contributed by atoms with van der Waals surface area (Å²) in [7, 11) is 0. The summed E-state index contributed by atoms with van der Waals surface area (Å²) in [5.41, 5.74) is 1.80. The van der Waals surface area contributed by atoms with Crippen LogP contribution in [-0.4, -0.2) is 27.6 Å². The summed E-state index contributed by atoms with van der Waals surface area (Å²) in [6, 6.07) is 3.45. The molecule has 1 fully saturated rings. The molecule has 17 heavy (non-hydrogen) atoms. The van der Waals surface area contributed by atoms with Gasteiger partial charge in [-0.2, -0.15) is 0 Å². The Labute approximate surface area is 96.7 Å². The first kappa shape index (κ1) is 10.4. The van der Waals surface area contributed by atoms with Crippen LogP contribution in [0.25, 0.3) is 5.65 Å². The molecule has 0 radical (unpaired) electrons. The number of fused-ring (bicyclic) bond motifs is 1. The lowest BCUT2D eigenvalue weighted by molar-refractivity contribution is 0.163. The molecule has 1 aliphatic carbocycles. The lowest BCUT2D eigenvalue weighted by Crippen LogP contribution is -2.12. The highest BCUT2D eigenvalue weighted by Gasteiger charge is 2.26. The molecular formula is C11H12F2N4. The van der Waals surface area contributed by atoms with Crippen molar-refractivity contribution in [2.75, 3.05) is 11.9 Å². The van der Waals surface area contributed by atoms with E-state index in [9.17, 15) is 8.78 Å². The van der Waals surface area contributed by atoms with Gasteiger partial charge in [-0.1, -0.05) is 0 Å². The fraction of sp³-hybridized carbons (Fsp3) is 0.455. The first-order valence-electron chi connectivity index (χ1n) is 5.61. The van der Waals surface area contributed by atoms with Gasteiger partial charge in [0.2, 0.25) is 0 Å². The summed E-state index contributed by atoms with van der Waals surface area (Å²) >= 11 is 0. The van der Waals surface area contributed by atoms with Crippen LogP contribution < -0.4 is 5.32 Å². The number of alkyl halides is 2. The predicted molar refractivity (Wildman–Crippen MR) is 59.5 cm³/mol.